The Bertz CT molecular complexity index is 1030. The fourth-order valence-corrected chi connectivity index (χ4v) is 2.87. The largest absolute Gasteiger partial charge is 0.490 e. The van der Waals surface area contributed by atoms with Crippen molar-refractivity contribution in [3.8, 4) is 11.6 Å². The molecule has 1 amide bonds. The second kappa shape index (κ2) is 8.10. The highest BCUT2D eigenvalue weighted by Crippen LogP contribution is 2.28. The van der Waals surface area contributed by atoms with Crippen molar-refractivity contribution >= 4 is 17.3 Å². The van der Waals surface area contributed by atoms with Crippen molar-refractivity contribution in [1.82, 2.24) is 14.9 Å². The van der Waals surface area contributed by atoms with E-state index in [4.69, 9.17) is 16.2 Å². The Morgan fingerprint density at radius 3 is 2.66 bits per heavy atom. The van der Waals surface area contributed by atoms with Gasteiger partial charge >= 0.3 is 0 Å². The highest BCUT2D eigenvalue weighted by atomic mass is 16.5. The molecule has 7 heteroatoms. The molecule has 3 aromatic rings. The maximum atomic E-state index is 12.8. The molecule has 0 aliphatic heterocycles. The number of anilines is 1. The fourth-order valence-electron chi connectivity index (χ4n) is 2.87. The minimum atomic E-state index is -0.647. The quantitative estimate of drug-likeness (QED) is 0.537. The van der Waals surface area contributed by atoms with Gasteiger partial charge in [-0.05, 0) is 50.2 Å². The van der Waals surface area contributed by atoms with Gasteiger partial charge in [-0.3, -0.25) is 4.79 Å². The number of nitrogens with one attached hydrogen (secondary N) is 1. The molecule has 150 valence electrons. The third kappa shape index (κ3) is 4.76. The third-order valence-corrected chi connectivity index (χ3v) is 4.30. The molecule has 0 radical (unpaired) electrons. The third-order valence-electron chi connectivity index (χ3n) is 4.30. The summed E-state index contributed by atoms with van der Waals surface area (Å²) in [4.78, 5) is 17.1. The number of nitrogens with zero attached hydrogens (tertiary/aromatic N) is 2. The molecule has 3 rings (SSSR count). The molecule has 0 fully saturated rings. The van der Waals surface area contributed by atoms with Crippen LogP contribution >= 0.6 is 0 Å². The van der Waals surface area contributed by atoms with Gasteiger partial charge in [-0.1, -0.05) is 12.6 Å². The van der Waals surface area contributed by atoms with E-state index in [1.54, 1.807) is 36.5 Å². The van der Waals surface area contributed by atoms with Crippen molar-refractivity contribution in [2.45, 2.75) is 19.4 Å². The summed E-state index contributed by atoms with van der Waals surface area (Å²) in [5, 5.41) is 2.99. The summed E-state index contributed by atoms with van der Waals surface area (Å²) in [7, 11) is 0. The first kappa shape index (κ1) is 20.0. The van der Waals surface area contributed by atoms with E-state index in [-0.39, 0.29) is 12.5 Å². The number of hydrogen-bond donors (Lipinski definition) is 3. The van der Waals surface area contributed by atoms with Crippen LogP contribution in [0.4, 0.5) is 5.69 Å². The molecular weight excluding hydrogens is 366 g/mol. The molecule has 5 N–H and O–H groups in total. The van der Waals surface area contributed by atoms with Crippen molar-refractivity contribution in [2.24, 2.45) is 5.73 Å². The molecule has 2 aromatic heterocycles. The number of aromatic nitrogens is 2. The van der Waals surface area contributed by atoms with Crippen LogP contribution < -0.4 is 21.5 Å². The monoisotopic (exact) mass is 391 g/mol. The molecule has 0 aliphatic carbocycles. The maximum absolute atomic E-state index is 12.8. The van der Waals surface area contributed by atoms with Crippen molar-refractivity contribution in [2.75, 3.05) is 12.3 Å². The number of carbonyl (C=O) groups is 1. The van der Waals surface area contributed by atoms with Gasteiger partial charge in [0.1, 0.15) is 18.2 Å². The van der Waals surface area contributed by atoms with Crippen LogP contribution in [0.1, 0.15) is 29.8 Å². The number of hydrogen-bond acceptors (Lipinski definition) is 5. The molecule has 0 spiro atoms. The lowest BCUT2D eigenvalue weighted by atomic mass is 10.1. The smallest absolute Gasteiger partial charge is 0.252 e. The summed E-state index contributed by atoms with van der Waals surface area (Å²) in [6.07, 6.45) is 5.35. The molecule has 0 atom stereocenters. The normalized spacial score (nSPS) is 11.1. The number of nitrogens with two attached hydrogens (primary N) is 2. The molecule has 0 aliphatic rings. The van der Waals surface area contributed by atoms with Crippen LogP contribution in [0.3, 0.4) is 0 Å². The van der Waals surface area contributed by atoms with Gasteiger partial charge in [0.25, 0.3) is 5.91 Å². The minimum Gasteiger partial charge on any atom is -0.490 e. The molecule has 1 aromatic carbocycles. The fraction of sp³-hybridized carbons (Fsp3) is 0.182. The minimum absolute atomic E-state index is 0.217. The summed E-state index contributed by atoms with van der Waals surface area (Å²) >= 11 is 0. The molecule has 0 saturated heterocycles. The lowest BCUT2D eigenvalue weighted by molar-refractivity contribution is 0.0880. The van der Waals surface area contributed by atoms with Crippen molar-refractivity contribution < 1.29 is 9.53 Å². The molecule has 0 saturated carbocycles. The van der Waals surface area contributed by atoms with E-state index in [2.05, 4.69) is 16.9 Å². The summed E-state index contributed by atoms with van der Waals surface area (Å²) in [6, 6.07) is 12.5. The topological polar surface area (TPSA) is 108 Å². The first-order valence-corrected chi connectivity index (χ1v) is 9.15. The second-order valence-electron chi connectivity index (χ2n) is 7.37. The van der Waals surface area contributed by atoms with Crippen LogP contribution in [-0.2, 0) is 0 Å². The van der Waals surface area contributed by atoms with E-state index < -0.39 is 5.54 Å². The zero-order valence-corrected chi connectivity index (χ0v) is 16.6. The van der Waals surface area contributed by atoms with E-state index in [1.165, 1.54) is 0 Å². The first-order valence-electron chi connectivity index (χ1n) is 9.15. The zero-order chi connectivity index (χ0) is 21.0. The van der Waals surface area contributed by atoms with Crippen molar-refractivity contribution in [1.29, 1.82) is 0 Å². The Morgan fingerprint density at radius 2 is 1.97 bits per heavy atom. The van der Waals surface area contributed by atoms with Crippen LogP contribution in [0.25, 0.3) is 11.5 Å². The Morgan fingerprint density at radius 1 is 1.24 bits per heavy atom. The van der Waals surface area contributed by atoms with Gasteiger partial charge in [-0.25, -0.2) is 4.98 Å². The van der Waals surface area contributed by atoms with Crippen LogP contribution in [0.2, 0.25) is 0 Å². The predicted molar refractivity (Wildman–Crippen MR) is 115 cm³/mol. The Kier molecular flexibility index (Phi) is 5.59. The molecular formula is C22H25N5O2. The number of carbonyl (C=O) groups excluding carboxylic acids is 1. The van der Waals surface area contributed by atoms with Crippen molar-refractivity contribution in [3.63, 3.8) is 0 Å². The zero-order valence-electron chi connectivity index (χ0n) is 16.6. The van der Waals surface area contributed by atoms with E-state index in [0.717, 1.165) is 0 Å². The predicted octanol–water partition coefficient (Wildman–Crippen LogP) is 2.97. The van der Waals surface area contributed by atoms with Crippen LogP contribution in [0.5, 0.6) is 5.75 Å². The molecule has 29 heavy (non-hydrogen) atoms. The van der Waals surface area contributed by atoms with E-state index in [0.29, 0.717) is 34.1 Å². The average molecular weight is 391 g/mol. The standard InChI is InChI=1S/C22H25N5O2/c1-15(23)20-17(24)7-6-8-18(20)29-14-22(2,3)26-21(28)16-9-10-25-19(13-16)27-11-4-5-12-27/h4-13H,1,14,23-24H2,2-3H3,(H,26,28). The van der Waals surface area contributed by atoms with E-state index in [1.807, 2.05) is 42.9 Å². The molecule has 7 nitrogen and oxygen atoms in total. The Hall–Kier alpha value is -3.74. The first-order chi connectivity index (χ1) is 13.8. The van der Waals surface area contributed by atoms with Crippen molar-refractivity contribution in [3.05, 3.63) is 78.8 Å². The van der Waals surface area contributed by atoms with Gasteiger partial charge in [0.2, 0.25) is 0 Å². The number of amides is 1. The van der Waals surface area contributed by atoms with Crippen LogP contribution in [-0.4, -0.2) is 27.6 Å². The number of pyridine rings is 1. The van der Waals surface area contributed by atoms with Gasteiger partial charge < -0.3 is 26.1 Å². The average Bonchev–Trinajstić information content (AvgIpc) is 3.21. The second-order valence-corrected chi connectivity index (χ2v) is 7.37. The molecule has 0 unspecified atom stereocenters. The van der Waals surface area contributed by atoms with Gasteiger partial charge in [0.05, 0.1) is 11.1 Å². The number of ether oxygens (including phenoxy) is 1. The van der Waals surface area contributed by atoms with E-state index in [9.17, 15) is 4.79 Å². The summed E-state index contributed by atoms with van der Waals surface area (Å²) in [5.41, 5.74) is 13.1. The summed E-state index contributed by atoms with van der Waals surface area (Å²) in [6.45, 7) is 7.72. The lowest BCUT2D eigenvalue weighted by Crippen LogP contribution is -2.48. The maximum Gasteiger partial charge on any atom is 0.252 e. The highest BCUT2D eigenvalue weighted by Gasteiger charge is 2.23. The van der Waals surface area contributed by atoms with Gasteiger partial charge in [-0.2, -0.15) is 0 Å². The van der Waals surface area contributed by atoms with Gasteiger partial charge in [-0.15, -0.1) is 0 Å². The summed E-state index contributed by atoms with van der Waals surface area (Å²) < 4.78 is 7.75. The van der Waals surface area contributed by atoms with E-state index >= 15 is 0 Å². The van der Waals surface area contributed by atoms with Gasteiger partial charge in [0.15, 0.2) is 0 Å². The van der Waals surface area contributed by atoms with Crippen LogP contribution in [0.15, 0.2) is 67.6 Å². The summed E-state index contributed by atoms with van der Waals surface area (Å²) in [5.74, 6) is 0.978. The SMILES string of the molecule is C=C(N)c1c(N)cccc1OCC(C)(C)NC(=O)c1ccnc(-n2cccc2)c1. The molecule has 0 bridgehead atoms. The van der Waals surface area contributed by atoms with Crippen LogP contribution in [0, 0.1) is 0 Å². The number of benzene rings is 1. The van der Waals surface area contributed by atoms with Gasteiger partial charge in [0, 0.05) is 35.5 Å². The number of rotatable bonds is 7. The highest BCUT2D eigenvalue weighted by molar-refractivity contribution is 5.95. The molecule has 2 heterocycles. The Labute approximate surface area is 170 Å². The Balaban J connectivity index is 1.70. The lowest BCUT2D eigenvalue weighted by Gasteiger charge is -2.27. The number of nitrogen functional groups attached to an aromatic ring is 1.